The number of hydrogen-bond donors (Lipinski definition) is 1. The van der Waals surface area contributed by atoms with E-state index in [9.17, 15) is 19.7 Å². The lowest BCUT2D eigenvalue weighted by Crippen LogP contribution is -2.32. The fraction of sp³-hybridized carbons (Fsp3) is 0.158. The molecular weight excluding hydrogens is 644 g/mol. The highest BCUT2D eigenvalue weighted by atomic mass is 32.2. The zero-order chi connectivity index (χ0) is 34.5. The van der Waals surface area contributed by atoms with E-state index in [1.165, 1.54) is 24.3 Å². The summed E-state index contributed by atoms with van der Waals surface area (Å²) < 4.78 is 20.7. The van der Waals surface area contributed by atoms with Crippen molar-refractivity contribution in [2.24, 2.45) is 0 Å². The molecule has 0 aliphatic rings. The van der Waals surface area contributed by atoms with Crippen LogP contribution in [0, 0.1) is 10.1 Å². The van der Waals surface area contributed by atoms with Crippen LogP contribution in [0.1, 0.15) is 22.3 Å². The van der Waals surface area contributed by atoms with Crippen LogP contribution in [0.5, 0.6) is 17.2 Å². The van der Waals surface area contributed by atoms with E-state index in [1.807, 2.05) is 48.5 Å². The van der Waals surface area contributed by atoms with Crippen molar-refractivity contribution in [2.75, 3.05) is 26.0 Å². The standard InChI is InChI=1S/C38H34N2O8S/c1-45-33-20-14-31(15-21-33)38(29-8-4-2-5-9-29,30-10-6-3-7-11-30)49-25-24-39-36(41)27-46-34-18-12-28(13-19-34)26-47-37(42)48-35-22-16-32(17-23-35)40(43)44/h2-23H,24-27H2,1H3,(H,39,41). The molecule has 5 aromatic carbocycles. The molecule has 5 rings (SSSR count). The van der Waals surface area contributed by atoms with E-state index in [4.69, 9.17) is 18.9 Å². The van der Waals surface area contributed by atoms with Gasteiger partial charge in [0.15, 0.2) is 6.61 Å². The number of carbonyl (C=O) groups excluding carboxylic acids is 2. The van der Waals surface area contributed by atoms with Crippen LogP contribution in [0.3, 0.4) is 0 Å². The second kappa shape index (κ2) is 16.8. The largest absolute Gasteiger partial charge is 0.514 e. The van der Waals surface area contributed by atoms with Gasteiger partial charge in [0.2, 0.25) is 0 Å². The zero-order valence-corrected chi connectivity index (χ0v) is 27.5. The molecule has 0 saturated heterocycles. The summed E-state index contributed by atoms with van der Waals surface area (Å²) in [5.74, 6) is 1.76. The lowest BCUT2D eigenvalue weighted by atomic mass is 9.84. The van der Waals surface area contributed by atoms with Gasteiger partial charge in [0.05, 0.1) is 16.8 Å². The average Bonchev–Trinajstić information content (AvgIpc) is 3.15. The van der Waals surface area contributed by atoms with Crippen molar-refractivity contribution in [1.82, 2.24) is 5.32 Å². The molecule has 0 saturated carbocycles. The molecule has 1 amide bonds. The summed E-state index contributed by atoms with van der Waals surface area (Å²) in [6.07, 6.45) is -0.946. The average molecular weight is 679 g/mol. The van der Waals surface area contributed by atoms with Crippen LogP contribution in [0.4, 0.5) is 10.5 Å². The molecule has 0 radical (unpaired) electrons. The van der Waals surface area contributed by atoms with Gasteiger partial charge in [-0.05, 0) is 58.7 Å². The topological polar surface area (TPSA) is 126 Å². The molecule has 0 atom stereocenters. The summed E-state index contributed by atoms with van der Waals surface area (Å²) in [4.78, 5) is 34.9. The van der Waals surface area contributed by atoms with Gasteiger partial charge < -0.3 is 24.3 Å². The highest BCUT2D eigenvalue weighted by molar-refractivity contribution is 8.00. The molecular formula is C38H34N2O8S. The molecule has 250 valence electrons. The maximum Gasteiger partial charge on any atom is 0.514 e. The van der Waals surface area contributed by atoms with Crippen molar-refractivity contribution in [3.63, 3.8) is 0 Å². The Morgan fingerprint density at radius 1 is 0.735 bits per heavy atom. The molecule has 0 unspecified atom stereocenters. The lowest BCUT2D eigenvalue weighted by Gasteiger charge is -2.35. The van der Waals surface area contributed by atoms with Crippen molar-refractivity contribution < 1.29 is 33.5 Å². The monoisotopic (exact) mass is 678 g/mol. The SMILES string of the molecule is COc1ccc(C(SCCNC(=O)COc2ccc(COC(=O)Oc3ccc([N+](=O)[O-])cc3)cc2)(c2ccccc2)c2ccccc2)cc1. The number of non-ortho nitro benzene ring substituents is 1. The summed E-state index contributed by atoms with van der Waals surface area (Å²) in [6.45, 7) is 0.202. The summed E-state index contributed by atoms with van der Waals surface area (Å²) in [6, 6.07) is 40.6. The van der Waals surface area contributed by atoms with Crippen molar-refractivity contribution in [2.45, 2.75) is 11.4 Å². The van der Waals surface area contributed by atoms with Gasteiger partial charge in [-0.3, -0.25) is 14.9 Å². The van der Waals surface area contributed by atoms with E-state index in [0.29, 0.717) is 23.6 Å². The zero-order valence-electron chi connectivity index (χ0n) is 26.7. The minimum atomic E-state index is -0.946. The molecule has 0 heterocycles. The number of rotatable bonds is 15. The number of nitro groups is 1. The normalized spacial score (nSPS) is 10.9. The van der Waals surface area contributed by atoms with E-state index >= 15 is 0 Å². The van der Waals surface area contributed by atoms with Gasteiger partial charge in [0.1, 0.15) is 23.9 Å². The van der Waals surface area contributed by atoms with Crippen LogP contribution in [-0.4, -0.2) is 43.0 Å². The quantitative estimate of drug-likeness (QED) is 0.0298. The van der Waals surface area contributed by atoms with Gasteiger partial charge >= 0.3 is 6.16 Å². The molecule has 0 aliphatic heterocycles. The highest BCUT2D eigenvalue weighted by Gasteiger charge is 2.36. The minimum absolute atomic E-state index is 0.0613. The summed E-state index contributed by atoms with van der Waals surface area (Å²) in [5, 5.41) is 13.7. The van der Waals surface area contributed by atoms with E-state index < -0.39 is 15.8 Å². The van der Waals surface area contributed by atoms with Gasteiger partial charge in [0.25, 0.3) is 11.6 Å². The van der Waals surface area contributed by atoms with E-state index in [2.05, 4.69) is 41.7 Å². The van der Waals surface area contributed by atoms with Gasteiger partial charge in [-0.15, -0.1) is 11.8 Å². The predicted octanol–water partition coefficient (Wildman–Crippen LogP) is 7.54. The van der Waals surface area contributed by atoms with Crippen molar-refractivity contribution in [3.05, 3.63) is 166 Å². The number of nitrogens with one attached hydrogen (secondary N) is 1. The Balaban J connectivity index is 1.12. The first-order valence-corrected chi connectivity index (χ1v) is 16.3. The number of nitro benzene ring substituents is 1. The third-order valence-corrected chi connectivity index (χ3v) is 9.05. The molecule has 5 aromatic rings. The Bertz CT molecular complexity index is 1780. The maximum atomic E-state index is 12.7. The third kappa shape index (κ3) is 9.17. The number of methoxy groups -OCH3 is 1. The van der Waals surface area contributed by atoms with Crippen LogP contribution < -0.4 is 19.5 Å². The molecule has 49 heavy (non-hydrogen) atoms. The van der Waals surface area contributed by atoms with Gasteiger partial charge in [-0.2, -0.15) is 0 Å². The molecule has 11 heteroatoms. The number of amides is 1. The lowest BCUT2D eigenvalue weighted by molar-refractivity contribution is -0.384. The second-order valence-corrected chi connectivity index (χ2v) is 12.0. The Morgan fingerprint density at radius 3 is 1.86 bits per heavy atom. The van der Waals surface area contributed by atoms with Gasteiger partial charge in [0, 0.05) is 24.4 Å². The van der Waals surface area contributed by atoms with Gasteiger partial charge in [-0.1, -0.05) is 84.9 Å². The first kappa shape index (κ1) is 34.5. The van der Waals surface area contributed by atoms with Crippen LogP contribution in [0.2, 0.25) is 0 Å². The molecule has 0 aromatic heterocycles. The van der Waals surface area contributed by atoms with Crippen LogP contribution >= 0.6 is 11.8 Å². The molecule has 10 nitrogen and oxygen atoms in total. The Kier molecular flexibility index (Phi) is 11.9. The van der Waals surface area contributed by atoms with Crippen molar-refractivity contribution >= 4 is 29.5 Å². The van der Waals surface area contributed by atoms with E-state index in [-0.39, 0.29) is 30.6 Å². The maximum absolute atomic E-state index is 12.7. The van der Waals surface area contributed by atoms with Crippen molar-refractivity contribution in [1.29, 1.82) is 0 Å². The first-order chi connectivity index (χ1) is 23.9. The van der Waals surface area contributed by atoms with Crippen LogP contribution in [0.15, 0.2) is 133 Å². The Labute approximate surface area is 288 Å². The molecule has 1 N–H and O–H groups in total. The first-order valence-electron chi connectivity index (χ1n) is 15.3. The number of nitrogens with zero attached hydrogens (tertiary/aromatic N) is 1. The second-order valence-electron chi connectivity index (χ2n) is 10.7. The number of carbonyl (C=O) groups is 2. The molecule has 0 bridgehead atoms. The fourth-order valence-corrected chi connectivity index (χ4v) is 6.52. The minimum Gasteiger partial charge on any atom is -0.497 e. The highest BCUT2D eigenvalue weighted by Crippen LogP contribution is 2.48. The molecule has 0 aliphatic carbocycles. The molecule has 0 spiro atoms. The van der Waals surface area contributed by atoms with Gasteiger partial charge in [-0.25, -0.2) is 4.79 Å². The van der Waals surface area contributed by atoms with Crippen LogP contribution in [-0.2, 0) is 20.9 Å². The number of ether oxygens (including phenoxy) is 4. The van der Waals surface area contributed by atoms with E-state index in [1.54, 1.807) is 43.1 Å². The van der Waals surface area contributed by atoms with Crippen LogP contribution in [0.25, 0.3) is 0 Å². The van der Waals surface area contributed by atoms with E-state index in [0.717, 1.165) is 22.4 Å². The summed E-state index contributed by atoms with van der Waals surface area (Å²) in [5.41, 5.74) is 3.91. The van der Waals surface area contributed by atoms with Crippen molar-refractivity contribution in [3.8, 4) is 17.2 Å². The summed E-state index contributed by atoms with van der Waals surface area (Å²) in [7, 11) is 1.65. The smallest absolute Gasteiger partial charge is 0.497 e. The predicted molar refractivity (Wildman–Crippen MR) is 187 cm³/mol. The third-order valence-electron chi connectivity index (χ3n) is 7.50. The number of benzene rings is 5. The number of hydrogen-bond acceptors (Lipinski definition) is 9. The Morgan fingerprint density at radius 2 is 1.29 bits per heavy atom. The number of thioether (sulfide) groups is 1. The fourth-order valence-electron chi connectivity index (χ4n) is 5.10. The molecule has 0 fully saturated rings. The Hall–Kier alpha value is -5.81. The summed E-state index contributed by atoms with van der Waals surface area (Å²) >= 11 is 1.74.